The lowest BCUT2D eigenvalue weighted by atomic mass is 10.1. The molecule has 0 fully saturated rings. The van der Waals surface area contributed by atoms with E-state index in [9.17, 15) is 14.0 Å². The third-order valence-electron chi connectivity index (χ3n) is 4.83. The number of rotatable bonds is 6. The van der Waals surface area contributed by atoms with Crippen molar-refractivity contribution >= 4 is 34.9 Å². The van der Waals surface area contributed by atoms with Gasteiger partial charge in [-0.15, -0.1) is 0 Å². The van der Waals surface area contributed by atoms with Gasteiger partial charge in [0.05, 0.1) is 11.2 Å². The van der Waals surface area contributed by atoms with Crippen molar-refractivity contribution in [1.82, 2.24) is 19.1 Å². The summed E-state index contributed by atoms with van der Waals surface area (Å²) in [6.45, 7) is 0.403. The van der Waals surface area contributed by atoms with Crippen LogP contribution in [0.15, 0.2) is 63.2 Å². The number of halogens is 2. The molecular formula is C21H18ClFN6O2. The molecule has 2 N–H and O–H groups in total. The Balaban J connectivity index is 1.73. The number of nitrogens with one attached hydrogen (secondary N) is 2. The van der Waals surface area contributed by atoms with E-state index in [0.717, 1.165) is 5.56 Å². The summed E-state index contributed by atoms with van der Waals surface area (Å²) in [5.41, 5.74) is 3.26. The van der Waals surface area contributed by atoms with Crippen LogP contribution in [-0.2, 0) is 20.0 Å². The Bertz CT molecular complexity index is 1370. The van der Waals surface area contributed by atoms with Gasteiger partial charge in [0.1, 0.15) is 5.82 Å². The lowest BCUT2D eigenvalue weighted by Crippen LogP contribution is -2.29. The van der Waals surface area contributed by atoms with E-state index in [1.807, 2.05) is 30.3 Å². The molecule has 0 aliphatic rings. The largest absolute Gasteiger partial charge is 0.329 e. The fourth-order valence-electron chi connectivity index (χ4n) is 3.21. The summed E-state index contributed by atoms with van der Waals surface area (Å²) >= 11 is 6.02. The second kappa shape index (κ2) is 8.57. The maximum Gasteiger partial charge on any atom is 0.329 e. The molecule has 0 radical (unpaired) electrons. The summed E-state index contributed by atoms with van der Waals surface area (Å²) in [4.78, 5) is 31.2. The van der Waals surface area contributed by atoms with E-state index in [1.165, 1.54) is 30.0 Å². The van der Waals surface area contributed by atoms with Crippen LogP contribution >= 0.6 is 11.6 Å². The summed E-state index contributed by atoms with van der Waals surface area (Å²) in [5, 5.41) is 4.25. The van der Waals surface area contributed by atoms with Crippen LogP contribution in [-0.4, -0.2) is 25.3 Å². The molecule has 10 heteroatoms. The molecule has 4 rings (SSSR count). The van der Waals surface area contributed by atoms with Crippen molar-refractivity contribution in [3.05, 3.63) is 91.3 Å². The molecule has 0 bridgehead atoms. The van der Waals surface area contributed by atoms with Gasteiger partial charge in [-0.3, -0.25) is 14.3 Å². The summed E-state index contributed by atoms with van der Waals surface area (Å²) in [7, 11) is 1.52. The molecule has 4 aromatic rings. The molecule has 0 saturated heterocycles. The highest BCUT2D eigenvalue weighted by atomic mass is 35.5. The van der Waals surface area contributed by atoms with Gasteiger partial charge in [-0.1, -0.05) is 48.0 Å². The minimum absolute atomic E-state index is 0.119. The van der Waals surface area contributed by atoms with Gasteiger partial charge in [-0.05, 0) is 24.1 Å². The molecule has 8 nitrogen and oxygen atoms in total. The topological polar surface area (TPSA) is 97.1 Å². The van der Waals surface area contributed by atoms with Crippen molar-refractivity contribution in [2.45, 2.75) is 13.0 Å². The van der Waals surface area contributed by atoms with Gasteiger partial charge in [-0.2, -0.15) is 10.1 Å². The first-order chi connectivity index (χ1) is 15.0. The number of aromatic nitrogens is 4. The number of imidazole rings is 1. The first-order valence-corrected chi connectivity index (χ1v) is 9.80. The van der Waals surface area contributed by atoms with Crippen LogP contribution in [0.1, 0.15) is 11.1 Å². The van der Waals surface area contributed by atoms with Crippen molar-refractivity contribution in [3.63, 3.8) is 0 Å². The van der Waals surface area contributed by atoms with E-state index < -0.39 is 17.1 Å². The number of hydrogen-bond acceptors (Lipinski definition) is 5. The smallest absolute Gasteiger partial charge is 0.303 e. The molecule has 2 aromatic heterocycles. The van der Waals surface area contributed by atoms with Gasteiger partial charge in [-0.25, -0.2) is 14.6 Å². The zero-order valence-electron chi connectivity index (χ0n) is 16.5. The van der Waals surface area contributed by atoms with Crippen molar-refractivity contribution in [3.8, 4) is 0 Å². The molecule has 0 unspecified atom stereocenters. The quantitative estimate of drug-likeness (QED) is 0.356. The van der Waals surface area contributed by atoms with E-state index in [0.29, 0.717) is 13.0 Å². The lowest BCUT2D eigenvalue weighted by Gasteiger charge is -2.08. The van der Waals surface area contributed by atoms with Crippen molar-refractivity contribution in [1.29, 1.82) is 0 Å². The standard InChI is InChI=1S/C21H18ClFN6O2/c1-28-18-17(19(30)26-21(28)31)29(11-10-13-6-3-2-4-7-13)20(25-18)27-24-12-14-15(22)8-5-9-16(14)23/h2-9,12H,10-11H2,1H3,(H,25,27)(H,26,30,31)/b24-12+. The van der Waals surface area contributed by atoms with Crippen LogP contribution in [0.3, 0.4) is 0 Å². The highest BCUT2D eigenvalue weighted by Crippen LogP contribution is 2.18. The number of aromatic amines is 1. The molecule has 0 spiro atoms. The number of nitrogens with zero attached hydrogens (tertiary/aromatic N) is 4. The number of anilines is 1. The molecule has 0 amide bonds. The molecule has 0 aliphatic carbocycles. The number of aryl methyl sites for hydroxylation is 3. The number of fused-ring (bicyclic) bond motifs is 1. The maximum atomic E-state index is 14.0. The van der Waals surface area contributed by atoms with E-state index in [1.54, 1.807) is 10.6 Å². The van der Waals surface area contributed by atoms with Crippen LogP contribution in [0, 0.1) is 5.82 Å². The second-order valence-electron chi connectivity index (χ2n) is 6.82. The number of benzene rings is 2. The number of hydrogen-bond donors (Lipinski definition) is 2. The van der Waals surface area contributed by atoms with Gasteiger partial charge in [0.15, 0.2) is 11.2 Å². The van der Waals surface area contributed by atoms with Gasteiger partial charge in [0, 0.05) is 19.2 Å². The van der Waals surface area contributed by atoms with Crippen molar-refractivity contribution in [2.75, 3.05) is 5.43 Å². The van der Waals surface area contributed by atoms with Crippen LogP contribution in [0.5, 0.6) is 0 Å². The first kappa shape index (κ1) is 20.5. The molecule has 158 valence electrons. The predicted octanol–water partition coefficient (Wildman–Crippen LogP) is 2.90. The van der Waals surface area contributed by atoms with Crippen molar-refractivity contribution < 1.29 is 4.39 Å². The van der Waals surface area contributed by atoms with Crippen LogP contribution in [0.4, 0.5) is 10.3 Å². The summed E-state index contributed by atoms with van der Waals surface area (Å²) in [6, 6.07) is 14.1. The minimum Gasteiger partial charge on any atom is -0.303 e. The fourth-order valence-corrected chi connectivity index (χ4v) is 3.42. The maximum absolute atomic E-state index is 14.0. The molecule has 2 heterocycles. The zero-order valence-corrected chi connectivity index (χ0v) is 17.2. The summed E-state index contributed by atoms with van der Waals surface area (Å²) < 4.78 is 16.9. The Morgan fingerprint density at radius 3 is 2.71 bits per heavy atom. The van der Waals surface area contributed by atoms with E-state index in [4.69, 9.17) is 11.6 Å². The third-order valence-corrected chi connectivity index (χ3v) is 5.16. The molecular weight excluding hydrogens is 423 g/mol. The van der Waals surface area contributed by atoms with Gasteiger partial charge in [0.2, 0.25) is 5.95 Å². The average Bonchev–Trinajstić information content (AvgIpc) is 3.12. The monoisotopic (exact) mass is 440 g/mol. The van der Waals surface area contributed by atoms with E-state index >= 15 is 0 Å². The number of H-pyrrole nitrogens is 1. The number of hydrazone groups is 1. The first-order valence-electron chi connectivity index (χ1n) is 9.42. The normalized spacial score (nSPS) is 11.5. The average molecular weight is 441 g/mol. The second-order valence-corrected chi connectivity index (χ2v) is 7.23. The predicted molar refractivity (Wildman–Crippen MR) is 118 cm³/mol. The molecule has 0 atom stereocenters. The van der Waals surface area contributed by atoms with Gasteiger partial charge >= 0.3 is 5.69 Å². The highest BCUT2D eigenvalue weighted by Gasteiger charge is 2.17. The van der Waals surface area contributed by atoms with Gasteiger partial charge < -0.3 is 4.57 Å². The molecule has 2 aromatic carbocycles. The summed E-state index contributed by atoms with van der Waals surface area (Å²) in [6.07, 6.45) is 1.86. The van der Waals surface area contributed by atoms with Crippen LogP contribution in [0.25, 0.3) is 11.2 Å². The third kappa shape index (κ3) is 4.13. The fraction of sp³-hybridized carbons (Fsp3) is 0.143. The Labute approximate surface area is 180 Å². The minimum atomic E-state index is -0.571. The van der Waals surface area contributed by atoms with E-state index in [-0.39, 0.29) is 27.7 Å². The molecule has 31 heavy (non-hydrogen) atoms. The van der Waals surface area contributed by atoms with Crippen LogP contribution < -0.4 is 16.7 Å². The molecule has 0 aliphatic heterocycles. The summed E-state index contributed by atoms with van der Waals surface area (Å²) in [5.74, 6) is -0.282. The highest BCUT2D eigenvalue weighted by molar-refractivity contribution is 6.33. The Hall–Kier alpha value is -3.72. The van der Waals surface area contributed by atoms with Gasteiger partial charge in [0.25, 0.3) is 5.56 Å². The Kier molecular flexibility index (Phi) is 5.68. The zero-order chi connectivity index (χ0) is 22.0. The van der Waals surface area contributed by atoms with E-state index in [2.05, 4.69) is 20.5 Å². The Morgan fingerprint density at radius 2 is 1.97 bits per heavy atom. The van der Waals surface area contributed by atoms with Crippen LogP contribution in [0.2, 0.25) is 5.02 Å². The SMILES string of the molecule is Cn1c(=O)[nH]c(=O)c2c1nc(N/N=C/c1c(F)cccc1Cl)n2CCc1ccccc1. The molecule has 0 saturated carbocycles. The van der Waals surface area contributed by atoms with Crippen molar-refractivity contribution in [2.24, 2.45) is 12.1 Å². The lowest BCUT2D eigenvalue weighted by molar-refractivity contribution is 0.626. The Morgan fingerprint density at radius 1 is 1.19 bits per heavy atom.